The quantitative estimate of drug-likeness (QED) is 0.269. The first-order chi connectivity index (χ1) is 23.3. The van der Waals surface area contributed by atoms with Gasteiger partial charge in [-0.15, -0.1) is 0 Å². The molecule has 48 heavy (non-hydrogen) atoms. The highest BCUT2D eigenvalue weighted by Gasteiger charge is 2.54. The first-order valence-electron chi connectivity index (χ1n) is 16.4. The third kappa shape index (κ3) is 4.64. The number of phenolic OH excluding ortho intramolecular Hbond substituents is 1. The predicted molar refractivity (Wildman–Crippen MR) is 176 cm³/mol. The number of likely N-dealkylation sites (tertiary alicyclic amines) is 1. The normalized spacial score (nSPS) is 21.5. The zero-order chi connectivity index (χ0) is 32.7. The van der Waals surface area contributed by atoms with Gasteiger partial charge in [0.15, 0.2) is 0 Å². The van der Waals surface area contributed by atoms with Crippen molar-refractivity contribution in [3.63, 3.8) is 0 Å². The second-order valence-corrected chi connectivity index (χ2v) is 14.0. The molecule has 2 unspecified atom stereocenters. The lowest BCUT2D eigenvalue weighted by Gasteiger charge is -2.58. The summed E-state index contributed by atoms with van der Waals surface area (Å²) < 4.78 is 15.8. The van der Waals surface area contributed by atoms with Crippen molar-refractivity contribution in [2.45, 2.75) is 50.9 Å². The monoisotopic (exact) mass is 643 g/mol. The minimum absolute atomic E-state index is 0.126. The van der Waals surface area contributed by atoms with Crippen molar-refractivity contribution in [2.24, 2.45) is 5.41 Å². The molecule has 242 valence electrons. The number of nitrogens with one attached hydrogen (secondary N) is 1. The number of halogens is 1. The van der Waals surface area contributed by atoms with Crippen molar-refractivity contribution in [2.75, 3.05) is 31.1 Å². The summed E-state index contributed by atoms with van der Waals surface area (Å²) in [6.07, 6.45) is 10.5. The van der Waals surface area contributed by atoms with Crippen LogP contribution in [0.25, 0.3) is 33.4 Å². The fourth-order valence-electron chi connectivity index (χ4n) is 8.40. The van der Waals surface area contributed by atoms with Crippen LogP contribution in [0.2, 0.25) is 0 Å². The van der Waals surface area contributed by atoms with Gasteiger partial charge in [0.25, 0.3) is 0 Å². The maximum absolute atomic E-state index is 13.8. The Morgan fingerprint density at radius 1 is 1.06 bits per heavy atom. The number of aromatic amines is 1. The molecule has 11 nitrogen and oxygen atoms in total. The zero-order valence-electron chi connectivity index (χ0n) is 26.5. The average molecular weight is 644 g/mol. The van der Waals surface area contributed by atoms with Gasteiger partial charge in [0.1, 0.15) is 29.1 Å². The number of anilines is 1. The number of piperazine rings is 1. The third-order valence-electron chi connectivity index (χ3n) is 11.0. The van der Waals surface area contributed by atoms with Crippen molar-refractivity contribution in [3.05, 3.63) is 78.1 Å². The van der Waals surface area contributed by atoms with E-state index in [-0.39, 0.29) is 22.9 Å². The molecular formula is C36H34FN9O2. The largest absolute Gasteiger partial charge is 0.508 e. The van der Waals surface area contributed by atoms with Gasteiger partial charge in [-0.25, -0.2) is 14.4 Å². The van der Waals surface area contributed by atoms with Crippen molar-refractivity contribution in [1.82, 2.24) is 34.5 Å². The second-order valence-electron chi connectivity index (χ2n) is 14.0. The van der Waals surface area contributed by atoms with Gasteiger partial charge in [-0.05, 0) is 55.7 Å². The first-order valence-corrected chi connectivity index (χ1v) is 16.4. The Bertz CT molecular complexity index is 2110. The molecule has 8 heterocycles. The lowest BCUT2D eigenvalue weighted by molar-refractivity contribution is -0.151. The summed E-state index contributed by atoms with van der Waals surface area (Å²) >= 11 is 0. The van der Waals surface area contributed by atoms with E-state index in [1.807, 2.05) is 40.2 Å². The van der Waals surface area contributed by atoms with E-state index in [4.69, 9.17) is 4.98 Å². The molecule has 1 aromatic carbocycles. The molecule has 2 atom stereocenters. The van der Waals surface area contributed by atoms with Gasteiger partial charge in [-0.3, -0.25) is 14.4 Å². The number of phenols is 1. The summed E-state index contributed by atoms with van der Waals surface area (Å²) in [5.41, 5.74) is 5.51. The molecule has 5 aromatic rings. The van der Waals surface area contributed by atoms with Crippen molar-refractivity contribution < 1.29 is 14.3 Å². The van der Waals surface area contributed by atoms with E-state index >= 15 is 0 Å². The van der Waals surface area contributed by atoms with Gasteiger partial charge in [0, 0.05) is 103 Å². The van der Waals surface area contributed by atoms with Crippen molar-refractivity contribution in [1.29, 1.82) is 5.26 Å². The molecule has 4 aromatic heterocycles. The van der Waals surface area contributed by atoms with Crippen LogP contribution in [0.5, 0.6) is 5.75 Å². The Balaban J connectivity index is 0.914. The summed E-state index contributed by atoms with van der Waals surface area (Å²) in [4.78, 5) is 31.0. The number of nitriles is 1. The lowest BCUT2D eigenvalue weighted by atomic mass is 9.60. The molecule has 0 radical (unpaired) electrons. The molecule has 5 fully saturated rings. The summed E-state index contributed by atoms with van der Waals surface area (Å²) in [5, 5.41) is 25.8. The summed E-state index contributed by atoms with van der Waals surface area (Å²) in [5.74, 6) is 0.813. The molecule has 2 N–H and O–H groups in total. The molecule has 1 aliphatic carbocycles. The number of nitrogens with zero attached hydrogens (tertiary/aromatic N) is 8. The van der Waals surface area contributed by atoms with Crippen molar-refractivity contribution in [3.8, 4) is 34.2 Å². The number of fused-ring (bicyclic) bond motifs is 3. The molecule has 4 saturated heterocycles. The van der Waals surface area contributed by atoms with Crippen LogP contribution < -0.4 is 4.90 Å². The Hall–Kier alpha value is -5.28. The van der Waals surface area contributed by atoms with Gasteiger partial charge in [-0.2, -0.15) is 10.4 Å². The van der Waals surface area contributed by atoms with Crippen LogP contribution in [-0.4, -0.2) is 83.8 Å². The van der Waals surface area contributed by atoms with E-state index in [9.17, 15) is 19.6 Å². The van der Waals surface area contributed by atoms with Crippen LogP contribution in [0.15, 0.2) is 61.2 Å². The highest BCUT2D eigenvalue weighted by Crippen LogP contribution is 2.54. The van der Waals surface area contributed by atoms with Crippen LogP contribution in [0.1, 0.15) is 43.4 Å². The smallest absolute Gasteiger partial charge is 0.219 e. The Labute approximate surface area is 276 Å². The number of carbonyl (C=O) groups is 1. The third-order valence-corrected chi connectivity index (χ3v) is 11.0. The average Bonchev–Trinajstić information content (AvgIpc) is 3.71. The minimum atomic E-state index is -0.340. The molecule has 4 aliphatic heterocycles. The Kier molecular flexibility index (Phi) is 6.39. The minimum Gasteiger partial charge on any atom is -0.508 e. The van der Waals surface area contributed by atoms with E-state index in [0.29, 0.717) is 41.4 Å². The summed E-state index contributed by atoms with van der Waals surface area (Å²) in [6, 6.07) is 13.4. The number of aromatic hydroxyl groups is 1. The van der Waals surface area contributed by atoms with Gasteiger partial charge >= 0.3 is 0 Å². The van der Waals surface area contributed by atoms with E-state index < -0.39 is 0 Å². The molecule has 5 aliphatic rings. The van der Waals surface area contributed by atoms with Crippen molar-refractivity contribution >= 4 is 22.8 Å². The number of hydrogen-bond acceptors (Lipinski definition) is 8. The number of piperidine rings is 1. The molecule has 10 rings (SSSR count). The predicted octanol–water partition coefficient (Wildman–Crippen LogP) is 4.85. The van der Waals surface area contributed by atoms with Crippen LogP contribution in [0.4, 0.5) is 10.2 Å². The van der Waals surface area contributed by atoms with Gasteiger partial charge in [0.05, 0.1) is 23.5 Å². The molecule has 2 bridgehead atoms. The standard InChI is InChI=1S/C36H34FN9O2/c1-21(47)44-19-36(20-44)9-29(10-36)46-16-25(14-41-46)31-8-30-34(24(11-38)13-40-35(30)42-31)22-2-5-33(39-12-22)43-17-27-7-28(18-43)45(27)15-23-6-26(37)3-4-32(23)48/h2-6,8,12-14,16,27-29,48H,7,9-10,15,17-20H2,1H3,(H,40,42). The summed E-state index contributed by atoms with van der Waals surface area (Å²) in [6.45, 7) is 5.46. The van der Waals surface area contributed by atoms with E-state index in [1.165, 1.54) is 18.2 Å². The second kappa shape index (κ2) is 10.6. The highest BCUT2D eigenvalue weighted by atomic mass is 19.1. The van der Waals surface area contributed by atoms with Gasteiger partial charge in [-0.1, -0.05) is 0 Å². The lowest BCUT2D eigenvalue weighted by Crippen LogP contribution is -2.68. The summed E-state index contributed by atoms with van der Waals surface area (Å²) in [7, 11) is 0. The van der Waals surface area contributed by atoms with E-state index in [2.05, 4.69) is 37.1 Å². The topological polar surface area (TPSA) is 130 Å². The SMILES string of the molecule is CC(=O)N1CC2(CC(n3cc(-c4cc5c(-c6ccc(N7CC8CC(C7)N8Cc7cc(F)ccc7O)nc6)c(C#N)cnc5[nH]4)cn3)C2)C1. The molecule has 1 saturated carbocycles. The molecular weight excluding hydrogens is 609 g/mol. The number of amides is 1. The first kappa shape index (κ1) is 28.9. The number of benzene rings is 1. The maximum atomic E-state index is 13.8. The maximum Gasteiger partial charge on any atom is 0.219 e. The molecule has 1 amide bonds. The van der Waals surface area contributed by atoms with Crippen LogP contribution in [-0.2, 0) is 11.3 Å². The van der Waals surface area contributed by atoms with Gasteiger partial charge in [0.2, 0.25) is 5.91 Å². The molecule has 12 heteroatoms. The van der Waals surface area contributed by atoms with Crippen LogP contribution in [0, 0.1) is 22.6 Å². The Morgan fingerprint density at radius 2 is 1.88 bits per heavy atom. The molecule has 1 spiro atoms. The number of aromatic nitrogens is 5. The van der Waals surface area contributed by atoms with Crippen LogP contribution in [0.3, 0.4) is 0 Å². The zero-order valence-corrected chi connectivity index (χ0v) is 26.5. The fraction of sp³-hybridized carbons (Fsp3) is 0.361. The van der Waals surface area contributed by atoms with Gasteiger partial charge < -0.3 is 19.9 Å². The number of H-pyrrole nitrogens is 1. The van der Waals surface area contributed by atoms with E-state index in [0.717, 1.165) is 79.0 Å². The number of rotatable bonds is 6. The van der Waals surface area contributed by atoms with Crippen LogP contribution >= 0.6 is 0 Å². The fourth-order valence-corrected chi connectivity index (χ4v) is 8.40. The Morgan fingerprint density at radius 3 is 2.60 bits per heavy atom. The number of carbonyl (C=O) groups excluding carboxylic acids is 1. The number of pyridine rings is 2. The van der Waals surface area contributed by atoms with E-state index in [1.54, 1.807) is 13.1 Å². The highest BCUT2D eigenvalue weighted by molar-refractivity contribution is 5.98. The number of hydrogen-bond donors (Lipinski definition) is 2.